The van der Waals surface area contributed by atoms with Crippen LogP contribution in [-0.4, -0.2) is 63.3 Å². The van der Waals surface area contributed by atoms with Crippen LogP contribution in [0.1, 0.15) is 61.0 Å². The van der Waals surface area contributed by atoms with Crippen LogP contribution in [0.25, 0.3) is 0 Å². The topological polar surface area (TPSA) is 79.0 Å². The van der Waals surface area contributed by atoms with Gasteiger partial charge in [-0.25, -0.2) is 17.5 Å². The maximum atomic E-state index is 15.0. The molecule has 0 saturated carbocycles. The molecule has 41 heavy (non-hydrogen) atoms. The molecule has 1 fully saturated rings. The number of amides is 1. The molecule has 2 bridgehead atoms. The molecule has 2 aromatic rings. The predicted molar refractivity (Wildman–Crippen MR) is 159 cm³/mol. The van der Waals surface area contributed by atoms with Gasteiger partial charge in [0, 0.05) is 41.7 Å². The Bertz CT molecular complexity index is 1500. The second-order valence-electron chi connectivity index (χ2n) is 12.2. The Hall–Kier alpha value is -2.62. The Labute approximate surface area is 246 Å². The van der Waals surface area contributed by atoms with Gasteiger partial charge in [0.15, 0.2) is 0 Å². The SMILES string of the molecule is C[C@@H]1[C@@H](C)C/C=C(\F)CN2CC[C@H]2CN2C[C@@]3(CCCc4cc(Cl)ccc43)COc3ccc(cc32)C(=O)NS1(=O)=O. The smallest absolute Gasteiger partial charge is 0.264 e. The lowest BCUT2D eigenvalue weighted by atomic mass is 9.70. The van der Waals surface area contributed by atoms with Crippen molar-refractivity contribution in [2.24, 2.45) is 5.92 Å². The number of nitrogens with zero attached hydrogens (tertiary/aromatic N) is 2. The fourth-order valence-electron chi connectivity index (χ4n) is 6.77. The molecule has 3 aliphatic heterocycles. The van der Waals surface area contributed by atoms with Crippen LogP contribution in [0.3, 0.4) is 0 Å². The number of sulfonamides is 1. The van der Waals surface area contributed by atoms with E-state index in [1.54, 1.807) is 32.0 Å². The molecular formula is C31H37ClFN3O4S. The number of carbonyl (C=O) groups is 1. The minimum absolute atomic E-state index is 0.146. The number of nitrogens with one attached hydrogen (secondary N) is 1. The van der Waals surface area contributed by atoms with Gasteiger partial charge in [-0.05, 0) is 86.4 Å². The molecule has 1 saturated heterocycles. The van der Waals surface area contributed by atoms with Crippen LogP contribution in [0.4, 0.5) is 10.1 Å². The number of ether oxygens (including phenoxy) is 1. The number of fused-ring (bicyclic) bond motifs is 4. The molecule has 1 aliphatic carbocycles. The maximum absolute atomic E-state index is 15.0. The van der Waals surface area contributed by atoms with Crippen LogP contribution in [0.5, 0.6) is 5.75 Å². The van der Waals surface area contributed by atoms with E-state index in [2.05, 4.69) is 26.7 Å². The van der Waals surface area contributed by atoms with E-state index in [1.165, 1.54) is 17.2 Å². The standard InChI is InChI=1S/C31H37ClFN3O4S/c1-20-5-8-25(33)16-35-13-11-26(35)17-36-18-31(12-3-4-22-14-24(32)7-9-27(22)31)19-40-29-10-6-23(15-28(29)36)30(37)34-41(38,39)21(20)2/h6-10,14-15,20-21,26H,3-5,11-13,16-19H2,1-2H3,(H,34,37)/b25-8-/t20-,21+,26-,31-/m0/s1. The Morgan fingerprint density at radius 2 is 2.00 bits per heavy atom. The van der Waals surface area contributed by atoms with E-state index >= 15 is 4.39 Å². The van der Waals surface area contributed by atoms with Gasteiger partial charge in [0.1, 0.15) is 11.6 Å². The van der Waals surface area contributed by atoms with Crippen molar-refractivity contribution in [1.82, 2.24) is 9.62 Å². The number of allylic oxidation sites excluding steroid dienone is 1. The van der Waals surface area contributed by atoms with Crippen LogP contribution >= 0.6 is 11.6 Å². The average Bonchev–Trinajstić information content (AvgIpc) is 3.08. The van der Waals surface area contributed by atoms with E-state index in [1.807, 2.05) is 6.07 Å². The molecule has 1 N–H and O–H groups in total. The second kappa shape index (κ2) is 10.9. The molecular weight excluding hydrogens is 565 g/mol. The molecule has 4 aliphatic rings. The first-order valence-electron chi connectivity index (χ1n) is 14.5. The zero-order chi connectivity index (χ0) is 28.9. The van der Waals surface area contributed by atoms with Gasteiger partial charge in [-0.2, -0.15) is 0 Å². The van der Waals surface area contributed by atoms with Crippen LogP contribution in [0, 0.1) is 5.92 Å². The molecule has 4 atom stereocenters. The Morgan fingerprint density at radius 3 is 2.78 bits per heavy atom. The summed E-state index contributed by atoms with van der Waals surface area (Å²) in [6, 6.07) is 11.4. The van der Waals surface area contributed by atoms with Gasteiger partial charge in [0.2, 0.25) is 10.0 Å². The quantitative estimate of drug-likeness (QED) is 0.446. The summed E-state index contributed by atoms with van der Waals surface area (Å²) in [5, 5.41) is -0.154. The van der Waals surface area contributed by atoms with Crippen molar-refractivity contribution in [1.29, 1.82) is 0 Å². The van der Waals surface area contributed by atoms with Crippen molar-refractivity contribution in [2.45, 2.75) is 62.7 Å². The van der Waals surface area contributed by atoms with Crippen LogP contribution in [-0.2, 0) is 21.9 Å². The highest BCUT2D eigenvalue weighted by molar-refractivity contribution is 7.90. The van der Waals surface area contributed by atoms with Gasteiger partial charge in [-0.15, -0.1) is 0 Å². The predicted octanol–water partition coefficient (Wildman–Crippen LogP) is 5.23. The number of anilines is 1. The maximum Gasteiger partial charge on any atom is 0.264 e. The van der Waals surface area contributed by atoms with Gasteiger partial charge in [-0.3, -0.25) is 9.69 Å². The summed E-state index contributed by atoms with van der Waals surface area (Å²) in [4.78, 5) is 17.7. The lowest BCUT2D eigenvalue weighted by Crippen LogP contribution is -2.56. The molecule has 220 valence electrons. The summed E-state index contributed by atoms with van der Waals surface area (Å²) in [6.45, 7) is 6.12. The van der Waals surface area contributed by atoms with Crippen LogP contribution in [0.2, 0.25) is 5.02 Å². The zero-order valence-electron chi connectivity index (χ0n) is 23.5. The fourth-order valence-corrected chi connectivity index (χ4v) is 8.25. The minimum Gasteiger partial charge on any atom is -0.490 e. The molecule has 1 amide bonds. The highest BCUT2D eigenvalue weighted by Gasteiger charge is 2.43. The first-order chi connectivity index (χ1) is 19.5. The highest BCUT2D eigenvalue weighted by Crippen LogP contribution is 2.45. The van der Waals surface area contributed by atoms with Crippen molar-refractivity contribution in [3.63, 3.8) is 0 Å². The number of carbonyl (C=O) groups excluding carboxylic acids is 1. The largest absolute Gasteiger partial charge is 0.490 e. The number of rotatable bonds is 0. The van der Waals surface area contributed by atoms with Gasteiger partial charge >= 0.3 is 0 Å². The molecule has 1 spiro atoms. The first-order valence-corrected chi connectivity index (χ1v) is 16.4. The van der Waals surface area contributed by atoms with E-state index in [4.69, 9.17) is 16.3 Å². The molecule has 0 radical (unpaired) electrons. The van der Waals surface area contributed by atoms with Crippen molar-refractivity contribution >= 4 is 33.2 Å². The Kier molecular flexibility index (Phi) is 7.57. The van der Waals surface area contributed by atoms with E-state index in [9.17, 15) is 13.2 Å². The third-order valence-corrected chi connectivity index (χ3v) is 11.7. The van der Waals surface area contributed by atoms with Gasteiger partial charge in [0.25, 0.3) is 5.91 Å². The first kappa shape index (κ1) is 28.5. The highest BCUT2D eigenvalue weighted by atomic mass is 35.5. The molecule has 3 heterocycles. The minimum atomic E-state index is -3.98. The molecule has 6 rings (SSSR count). The van der Waals surface area contributed by atoms with Crippen molar-refractivity contribution < 1.29 is 22.3 Å². The molecule has 7 nitrogen and oxygen atoms in total. The summed E-state index contributed by atoms with van der Waals surface area (Å²) in [5.74, 6) is -0.643. The summed E-state index contributed by atoms with van der Waals surface area (Å²) < 4.78 is 50.0. The van der Waals surface area contributed by atoms with Gasteiger partial charge in [0.05, 0.1) is 24.1 Å². The van der Waals surface area contributed by atoms with E-state index in [0.29, 0.717) is 25.4 Å². The van der Waals surface area contributed by atoms with Gasteiger partial charge < -0.3 is 9.64 Å². The van der Waals surface area contributed by atoms with E-state index in [0.717, 1.165) is 42.9 Å². The number of hydrogen-bond donors (Lipinski definition) is 1. The third-order valence-electron chi connectivity index (χ3n) is 9.59. The summed E-state index contributed by atoms with van der Waals surface area (Å²) in [7, 11) is -3.98. The normalized spacial score (nSPS) is 31.4. The summed E-state index contributed by atoms with van der Waals surface area (Å²) in [6.07, 6.45) is 5.63. The number of benzene rings is 2. The molecule has 10 heteroatoms. The fraction of sp³-hybridized carbons (Fsp3) is 0.516. The van der Waals surface area contributed by atoms with Crippen molar-refractivity contribution in [3.05, 3.63) is 70.0 Å². The number of aryl methyl sites for hydroxylation is 1. The third kappa shape index (κ3) is 5.48. The summed E-state index contributed by atoms with van der Waals surface area (Å²) in [5.41, 5.74) is 3.20. The second-order valence-corrected chi connectivity index (χ2v) is 14.7. The Morgan fingerprint density at radius 1 is 1.17 bits per heavy atom. The monoisotopic (exact) mass is 601 g/mol. The number of halogens is 2. The lowest BCUT2D eigenvalue weighted by molar-refractivity contribution is 0.0979. The van der Waals surface area contributed by atoms with Crippen molar-refractivity contribution in [2.75, 3.05) is 37.7 Å². The zero-order valence-corrected chi connectivity index (χ0v) is 25.1. The molecule has 2 aromatic carbocycles. The number of hydrogen-bond acceptors (Lipinski definition) is 6. The average molecular weight is 602 g/mol. The van der Waals surface area contributed by atoms with Crippen LogP contribution in [0.15, 0.2) is 48.3 Å². The molecule has 0 unspecified atom stereocenters. The lowest BCUT2D eigenvalue weighted by Gasteiger charge is -2.46. The van der Waals surface area contributed by atoms with Gasteiger partial charge in [-0.1, -0.05) is 30.7 Å². The summed E-state index contributed by atoms with van der Waals surface area (Å²) >= 11 is 6.36. The van der Waals surface area contributed by atoms with Crippen molar-refractivity contribution in [3.8, 4) is 5.75 Å². The van der Waals surface area contributed by atoms with E-state index < -0.39 is 21.2 Å². The van der Waals surface area contributed by atoms with Crippen LogP contribution < -0.4 is 14.4 Å². The van der Waals surface area contributed by atoms with E-state index in [-0.39, 0.29) is 41.7 Å². The molecule has 0 aromatic heterocycles. The Balaban J connectivity index is 1.42.